The second-order valence-corrected chi connectivity index (χ2v) is 9.62. The summed E-state index contributed by atoms with van der Waals surface area (Å²) in [6.45, 7) is 4.24. The van der Waals surface area contributed by atoms with Crippen molar-refractivity contribution in [2.75, 3.05) is 0 Å². The number of nitrogens with two attached hydrogens (primary N) is 1. The van der Waals surface area contributed by atoms with Crippen molar-refractivity contribution in [1.82, 2.24) is 0 Å². The van der Waals surface area contributed by atoms with Crippen LogP contribution in [-0.4, -0.2) is 11.3 Å². The van der Waals surface area contributed by atoms with Gasteiger partial charge >= 0.3 is 0 Å². The molecule has 0 saturated heterocycles. The van der Waals surface area contributed by atoms with Crippen LogP contribution < -0.4 is 11.0 Å². The van der Waals surface area contributed by atoms with Crippen molar-refractivity contribution in [1.29, 1.82) is 0 Å². The lowest BCUT2D eigenvalue weighted by molar-refractivity contribution is 0.543. The van der Waals surface area contributed by atoms with E-state index in [2.05, 4.69) is 32.1 Å². The summed E-state index contributed by atoms with van der Waals surface area (Å²) in [4.78, 5) is 0. The monoisotopic (exact) mass is 325 g/mol. The largest absolute Gasteiger partial charge is 0.402 e. The summed E-state index contributed by atoms with van der Waals surface area (Å²) in [6, 6.07) is 9.95. The van der Waals surface area contributed by atoms with Crippen molar-refractivity contribution in [3.63, 3.8) is 0 Å². The molecular weight excluding hydrogens is 301 g/mol. The van der Waals surface area contributed by atoms with Crippen molar-refractivity contribution in [2.24, 2.45) is 17.6 Å². The van der Waals surface area contributed by atoms with Gasteiger partial charge in [-0.3, -0.25) is 0 Å². The Balaban J connectivity index is 2.14. The molecule has 2 nitrogen and oxygen atoms in total. The van der Waals surface area contributed by atoms with Gasteiger partial charge in [0.05, 0.1) is 0 Å². The maximum absolute atomic E-state index is 14.5. The van der Waals surface area contributed by atoms with E-state index in [4.69, 9.17) is 5.73 Å². The Bertz CT molecular complexity index is 729. The molecule has 0 bridgehead atoms. The van der Waals surface area contributed by atoms with Crippen LogP contribution in [-0.2, 0) is 4.57 Å². The van der Waals surface area contributed by atoms with Crippen molar-refractivity contribution in [3.05, 3.63) is 78.6 Å². The first-order valence-electron chi connectivity index (χ1n) is 8.19. The molecule has 0 aliphatic heterocycles. The fourth-order valence-corrected chi connectivity index (χ4v) is 7.71. The molecule has 120 valence electrons. The van der Waals surface area contributed by atoms with Gasteiger partial charge in [0.25, 0.3) is 0 Å². The third-order valence-electron chi connectivity index (χ3n) is 5.05. The normalized spacial score (nSPS) is 32.3. The highest BCUT2D eigenvalue weighted by Gasteiger charge is 2.45. The Labute approximate surface area is 138 Å². The lowest BCUT2D eigenvalue weighted by Gasteiger charge is -2.39. The molecule has 2 N–H and O–H groups in total. The number of rotatable bonds is 3. The predicted molar refractivity (Wildman–Crippen MR) is 99.3 cm³/mol. The molecule has 5 unspecified atom stereocenters. The standard InChI is InChI=1S/C20H24NOP/c1-15-9-6-7-13-19(15)23(22,17-10-4-3-5-11-17)20-14-8-12-18(21)16(20)2/h3-16,19-20H,21H2,1-2H3. The molecule has 5 atom stereocenters. The Kier molecular flexibility index (Phi) is 4.46. The van der Waals surface area contributed by atoms with Gasteiger partial charge < -0.3 is 10.3 Å². The molecule has 3 heteroatoms. The zero-order valence-electron chi connectivity index (χ0n) is 13.7. The fourth-order valence-electron chi connectivity index (χ4n) is 3.64. The van der Waals surface area contributed by atoms with E-state index in [-0.39, 0.29) is 23.2 Å². The van der Waals surface area contributed by atoms with Crippen LogP contribution in [0.4, 0.5) is 0 Å². The highest BCUT2D eigenvalue weighted by Crippen LogP contribution is 2.61. The van der Waals surface area contributed by atoms with E-state index in [1.807, 2.05) is 54.6 Å². The minimum Gasteiger partial charge on any atom is -0.402 e. The van der Waals surface area contributed by atoms with Crippen molar-refractivity contribution in [3.8, 4) is 0 Å². The van der Waals surface area contributed by atoms with Gasteiger partial charge in [0.1, 0.15) is 7.14 Å². The van der Waals surface area contributed by atoms with Crippen LogP contribution in [0.15, 0.2) is 78.6 Å². The lowest BCUT2D eigenvalue weighted by Crippen LogP contribution is -2.34. The fraction of sp³-hybridized carbons (Fsp3) is 0.300. The van der Waals surface area contributed by atoms with Gasteiger partial charge in [-0.15, -0.1) is 0 Å². The molecule has 23 heavy (non-hydrogen) atoms. The summed E-state index contributed by atoms with van der Waals surface area (Å²) in [6.07, 6.45) is 14.3. The number of benzene rings is 1. The summed E-state index contributed by atoms with van der Waals surface area (Å²) in [5.41, 5.74) is 6.94. The molecule has 2 aliphatic rings. The van der Waals surface area contributed by atoms with E-state index in [9.17, 15) is 4.57 Å². The average molecular weight is 325 g/mol. The van der Waals surface area contributed by atoms with Crippen LogP contribution in [0.1, 0.15) is 13.8 Å². The lowest BCUT2D eigenvalue weighted by atomic mass is 9.99. The minimum absolute atomic E-state index is 0.0119. The van der Waals surface area contributed by atoms with Crippen molar-refractivity contribution < 1.29 is 4.57 Å². The first kappa shape index (κ1) is 16.1. The molecule has 0 radical (unpaired) electrons. The summed E-state index contributed by atoms with van der Waals surface area (Å²) < 4.78 is 14.5. The zero-order chi connectivity index (χ0) is 16.4. The maximum Gasteiger partial charge on any atom is 0.129 e. The van der Waals surface area contributed by atoms with Gasteiger partial charge in [0.15, 0.2) is 0 Å². The van der Waals surface area contributed by atoms with Gasteiger partial charge in [0.2, 0.25) is 0 Å². The second kappa shape index (κ2) is 6.37. The first-order valence-corrected chi connectivity index (χ1v) is 10.0. The quantitative estimate of drug-likeness (QED) is 0.846. The maximum atomic E-state index is 14.5. The van der Waals surface area contributed by atoms with Crippen LogP contribution >= 0.6 is 7.14 Å². The predicted octanol–water partition coefficient (Wildman–Crippen LogP) is 4.22. The van der Waals surface area contributed by atoms with Gasteiger partial charge in [0, 0.05) is 28.2 Å². The molecule has 0 aromatic heterocycles. The minimum atomic E-state index is -2.72. The molecule has 1 aromatic rings. The molecule has 3 rings (SSSR count). The molecular formula is C20H24NOP. The van der Waals surface area contributed by atoms with E-state index in [0.717, 1.165) is 11.0 Å². The smallest absolute Gasteiger partial charge is 0.129 e. The molecule has 0 heterocycles. The highest BCUT2D eigenvalue weighted by molar-refractivity contribution is 7.73. The topological polar surface area (TPSA) is 43.1 Å². The van der Waals surface area contributed by atoms with Gasteiger partial charge in [-0.05, 0) is 12.0 Å². The van der Waals surface area contributed by atoms with Crippen molar-refractivity contribution in [2.45, 2.75) is 25.2 Å². The van der Waals surface area contributed by atoms with Crippen LogP contribution in [0.5, 0.6) is 0 Å². The number of hydrogen-bond acceptors (Lipinski definition) is 2. The highest BCUT2D eigenvalue weighted by atomic mass is 31.2. The Hall–Kier alpha value is -1.79. The first-order chi connectivity index (χ1) is 11.0. The van der Waals surface area contributed by atoms with E-state index in [1.54, 1.807) is 0 Å². The molecule has 2 aliphatic carbocycles. The van der Waals surface area contributed by atoms with Gasteiger partial charge in [-0.25, -0.2) is 0 Å². The van der Waals surface area contributed by atoms with Gasteiger partial charge in [-0.2, -0.15) is 0 Å². The molecule has 0 fully saturated rings. The average Bonchev–Trinajstić information content (AvgIpc) is 2.58. The third kappa shape index (κ3) is 2.77. The Morgan fingerprint density at radius 2 is 1.57 bits per heavy atom. The third-order valence-corrected chi connectivity index (χ3v) is 9.19. The summed E-state index contributed by atoms with van der Waals surface area (Å²) in [5.74, 6) is 0.330. The van der Waals surface area contributed by atoms with Crippen LogP contribution in [0.2, 0.25) is 0 Å². The molecule has 1 aromatic carbocycles. The summed E-state index contributed by atoms with van der Waals surface area (Å²) in [7, 11) is -2.72. The SMILES string of the molecule is CC1C=CC=CC1P(=O)(c1ccccc1)C1C=CC=C(N)C1C. The van der Waals surface area contributed by atoms with Crippen LogP contribution in [0.25, 0.3) is 0 Å². The van der Waals surface area contributed by atoms with Gasteiger partial charge in [-0.1, -0.05) is 80.6 Å². The van der Waals surface area contributed by atoms with E-state index >= 15 is 0 Å². The van der Waals surface area contributed by atoms with Crippen LogP contribution in [0, 0.1) is 11.8 Å². The summed E-state index contributed by atoms with van der Waals surface area (Å²) in [5, 5.41) is 0.952. The summed E-state index contributed by atoms with van der Waals surface area (Å²) >= 11 is 0. The zero-order valence-corrected chi connectivity index (χ0v) is 14.6. The molecule has 0 saturated carbocycles. The van der Waals surface area contributed by atoms with Crippen LogP contribution in [0.3, 0.4) is 0 Å². The van der Waals surface area contributed by atoms with E-state index in [0.29, 0.717) is 0 Å². The van der Waals surface area contributed by atoms with Crippen molar-refractivity contribution >= 4 is 12.4 Å². The Morgan fingerprint density at radius 1 is 0.913 bits per heavy atom. The van der Waals surface area contributed by atoms with E-state index in [1.165, 1.54) is 0 Å². The molecule has 0 spiro atoms. The Morgan fingerprint density at radius 3 is 2.26 bits per heavy atom. The number of allylic oxidation sites excluding steroid dienone is 8. The molecule has 0 amide bonds. The van der Waals surface area contributed by atoms with E-state index < -0.39 is 7.14 Å². The number of hydrogen-bond donors (Lipinski definition) is 1. The second-order valence-electron chi connectivity index (χ2n) is 6.50.